The summed E-state index contributed by atoms with van der Waals surface area (Å²) in [4.78, 5) is 112. The average Bonchev–Trinajstić information content (AvgIpc) is 3.52. The first kappa shape index (κ1) is 43.8. The van der Waals surface area contributed by atoms with E-state index in [4.69, 9.17) is 4.74 Å². The van der Waals surface area contributed by atoms with Gasteiger partial charge in [-0.15, -0.1) is 0 Å². The highest BCUT2D eigenvalue weighted by Gasteiger charge is 2.23. The summed E-state index contributed by atoms with van der Waals surface area (Å²) in [6.45, 7) is -0.818. The van der Waals surface area contributed by atoms with E-state index in [-0.39, 0.29) is 69.1 Å². The number of carbonyl (C=O) groups excluding carboxylic acids is 9. The van der Waals surface area contributed by atoms with E-state index in [1.165, 1.54) is 31.1 Å². The molecule has 0 saturated heterocycles. The highest BCUT2D eigenvalue weighted by atomic mass is 16.6. The fourth-order valence-electron chi connectivity index (χ4n) is 5.12. The molecule has 300 valence electrons. The normalized spacial score (nSPS) is 12.3. The van der Waals surface area contributed by atoms with E-state index in [1.807, 2.05) is 0 Å². The van der Waals surface area contributed by atoms with Gasteiger partial charge in [0.15, 0.2) is 0 Å². The van der Waals surface area contributed by atoms with E-state index in [1.54, 1.807) is 54.6 Å². The van der Waals surface area contributed by atoms with Gasteiger partial charge in [0.2, 0.25) is 35.4 Å². The highest BCUT2D eigenvalue weighted by molar-refractivity contribution is 6.12. The van der Waals surface area contributed by atoms with Crippen molar-refractivity contribution in [3.63, 3.8) is 0 Å². The lowest BCUT2D eigenvalue weighted by molar-refractivity contribution is -0.137. The summed E-state index contributed by atoms with van der Waals surface area (Å²) in [6.07, 6.45) is 3.83. The van der Waals surface area contributed by atoms with Crippen molar-refractivity contribution in [2.75, 3.05) is 52.1 Å². The quantitative estimate of drug-likeness (QED) is 0.0685. The maximum atomic E-state index is 13.1. The number of hydrogen-bond acceptors (Lipinski definition) is 10. The summed E-state index contributed by atoms with van der Waals surface area (Å²) in [5.41, 5.74) is 1.81. The average molecular weight is 777 g/mol. The van der Waals surface area contributed by atoms with Crippen LogP contribution in [0.2, 0.25) is 0 Å². The third-order valence-electron chi connectivity index (χ3n) is 8.30. The molecule has 0 aliphatic carbocycles. The molecule has 0 unspecified atom stereocenters. The van der Waals surface area contributed by atoms with Gasteiger partial charge in [0.05, 0.1) is 19.6 Å². The monoisotopic (exact) mass is 776 g/mol. The van der Waals surface area contributed by atoms with Crippen LogP contribution in [-0.2, 0) is 56.1 Å². The van der Waals surface area contributed by atoms with Gasteiger partial charge >= 0.3 is 6.09 Å². The number of benzene rings is 2. The van der Waals surface area contributed by atoms with Gasteiger partial charge in [-0.3, -0.25) is 43.3 Å². The lowest BCUT2D eigenvalue weighted by Gasteiger charge is -2.19. The Morgan fingerprint density at radius 3 is 2.02 bits per heavy atom. The Balaban J connectivity index is 1.38. The Morgan fingerprint density at radius 2 is 1.34 bits per heavy atom. The van der Waals surface area contributed by atoms with Crippen LogP contribution in [0.1, 0.15) is 43.2 Å². The van der Waals surface area contributed by atoms with E-state index in [0.29, 0.717) is 30.5 Å². The molecule has 0 spiro atoms. The minimum atomic E-state index is -1.09. The maximum absolute atomic E-state index is 13.1. The zero-order valence-corrected chi connectivity index (χ0v) is 31.4. The molecule has 1 atom stereocenters. The van der Waals surface area contributed by atoms with Crippen LogP contribution in [0.4, 0.5) is 10.5 Å². The van der Waals surface area contributed by atoms with Gasteiger partial charge in [-0.2, -0.15) is 0 Å². The van der Waals surface area contributed by atoms with Crippen molar-refractivity contribution in [2.45, 2.75) is 51.2 Å². The van der Waals surface area contributed by atoms with E-state index >= 15 is 0 Å². The number of amides is 9. The lowest BCUT2D eigenvalue weighted by Crippen LogP contribution is -2.52. The molecule has 2 aromatic rings. The fourth-order valence-corrected chi connectivity index (χ4v) is 5.12. The Kier molecular flexibility index (Phi) is 18.2. The maximum Gasteiger partial charge on any atom is 0.409 e. The van der Waals surface area contributed by atoms with Gasteiger partial charge in [0.25, 0.3) is 11.8 Å². The second kappa shape index (κ2) is 23.3. The minimum Gasteiger partial charge on any atom is -0.445 e. The van der Waals surface area contributed by atoms with Gasteiger partial charge in [-0.1, -0.05) is 48.9 Å². The van der Waals surface area contributed by atoms with Crippen molar-refractivity contribution >= 4 is 59.0 Å². The van der Waals surface area contributed by atoms with Crippen molar-refractivity contribution in [2.24, 2.45) is 0 Å². The molecule has 0 bridgehead atoms. The van der Waals surface area contributed by atoms with Crippen LogP contribution >= 0.6 is 0 Å². The zero-order chi connectivity index (χ0) is 40.9. The molecule has 1 aliphatic heterocycles. The lowest BCUT2D eigenvalue weighted by atomic mass is 10.1. The molecule has 0 fully saturated rings. The molecular weight excluding hydrogens is 728 g/mol. The molecular formula is C38H48N8O10. The molecule has 0 saturated carbocycles. The van der Waals surface area contributed by atoms with Crippen molar-refractivity contribution in [3.8, 4) is 0 Å². The number of unbranched alkanes of at least 4 members (excludes halogenated alkanes) is 2. The van der Waals surface area contributed by atoms with Gasteiger partial charge < -0.3 is 41.5 Å². The summed E-state index contributed by atoms with van der Waals surface area (Å²) >= 11 is 0. The largest absolute Gasteiger partial charge is 0.445 e. The number of nitrogens with zero attached hydrogens (tertiary/aromatic N) is 2. The fraction of sp³-hybridized carbons (Fsp3) is 0.395. The van der Waals surface area contributed by atoms with Gasteiger partial charge in [0, 0.05) is 64.3 Å². The topological polar surface area (TPSA) is 242 Å². The number of imide groups is 1. The third kappa shape index (κ3) is 16.2. The van der Waals surface area contributed by atoms with Crippen molar-refractivity contribution in [1.29, 1.82) is 0 Å². The van der Waals surface area contributed by atoms with E-state index < -0.39 is 48.9 Å². The van der Waals surface area contributed by atoms with Crippen LogP contribution in [0.5, 0.6) is 0 Å². The van der Waals surface area contributed by atoms with Crippen LogP contribution in [0.3, 0.4) is 0 Å². The Labute approximate surface area is 324 Å². The van der Waals surface area contributed by atoms with Crippen molar-refractivity contribution in [1.82, 2.24) is 36.4 Å². The second-order valence-electron chi connectivity index (χ2n) is 12.7. The first-order valence-corrected chi connectivity index (χ1v) is 18.0. The molecule has 3 rings (SSSR count). The third-order valence-corrected chi connectivity index (χ3v) is 8.30. The first-order chi connectivity index (χ1) is 26.8. The standard InChI is InChI=1S/C38H48N8O10/c1-39-30(47)18-20-45(2)38(55)56-25-27-12-14-28(15-13-27)43-33(50)24-42-37(54)29(21-26-9-5-3-6-10-26)44-34(51)23-41-32(49)22-40-31(48)11-7-4-8-19-46-35(52)16-17-36(46)53/h3,5-6,9-10,12-17,29H,4,7-8,11,18-25H2,1-2H3,(H,39,47)(H,40,48)(H,41,49)(H,42,54)(H,43,50)(H,44,51)/t29-/m0/s1. The van der Waals surface area contributed by atoms with Gasteiger partial charge in [0.1, 0.15) is 12.6 Å². The predicted molar refractivity (Wildman–Crippen MR) is 202 cm³/mol. The van der Waals surface area contributed by atoms with Crippen molar-refractivity contribution < 1.29 is 47.9 Å². The first-order valence-electron chi connectivity index (χ1n) is 18.0. The van der Waals surface area contributed by atoms with E-state index in [9.17, 15) is 43.2 Å². The molecule has 56 heavy (non-hydrogen) atoms. The number of ether oxygens (including phenoxy) is 1. The molecule has 0 aromatic heterocycles. The number of hydrogen-bond donors (Lipinski definition) is 6. The molecule has 1 heterocycles. The van der Waals surface area contributed by atoms with Gasteiger partial charge in [-0.05, 0) is 36.1 Å². The minimum absolute atomic E-state index is 0.0295. The van der Waals surface area contributed by atoms with Crippen LogP contribution in [0.15, 0.2) is 66.7 Å². The summed E-state index contributed by atoms with van der Waals surface area (Å²) in [5, 5.41) is 15.1. The molecule has 18 heteroatoms. The predicted octanol–water partition coefficient (Wildman–Crippen LogP) is -0.109. The number of carbonyl (C=O) groups is 9. The van der Waals surface area contributed by atoms with Crippen LogP contribution in [0.25, 0.3) is 0 Å². The van der Waals surface area contributed by atoms with E-state index in [2.05, 4.69) is 31.9 Å². The summed E-state index contributed by atoms with van der Waals surface area (Å²) < 4.78 is 5.25. The van der Waals surface area contributed by atoms with E-state index in [0.717, 1.165) is 10.5 Å². The smallest absolute Gasteiger partial charge is 0.409 e. The van der Waals surface area contributed by atoms with Crippen LogP contribution in [0, 0.1) is 0 Å². The number of anilines is 1. The van der Waals surface area contributed by atoms with Crippen LogP contribution < -0.4 is 31.9 Å². The summed E-state index contributed by atoms with van der Waals surface area (Å²) in [5.74, 6) is -3.75. The number of nitrogens with one attached hydrogen (secondary N) is 6. The summed E-state index contributed by atoms with van der Waals surface area (Å²) in [7, 11) is 3.03. The Bertz CT molecular complexity index is 1730. The number of rotatable bonds is 22. The summed E-state index contributed by atoms with van der Waals surface area (Å²) in [6, 6.07) is 14.3. The second-order valence-corrected chi connectivity index (χ2v) is 12.7. The van der Waals surface area contributed by atoms with Crippen molar-refractivity contribution in [3.05, 3.63) is 77.9 Å². The molecule has 6 N–H and O–H groups in total. The molecule has 9 amide bonds. The zero-order valence-electron chi connectivity index (χ0n) is 31.4. The molecule has 2 aromatic carbocycles. The Hall–Kier alpha value is -6.59. The highest BCUT2D eigenvalue weighted by Crippen LogP contribution is 2.12. The molecule has 18 nitrogen and oxygen atoms in total. The van der Waals surface area contributed by atoms with Crippen LogP contribution in [-0.4, -0.2) is 116 Å². The van der Waals surface area contributed by atoms with Gasteiger partial charge in [-0.25, -0.2) is 4.79 Å². The molecule has 1 aliphatic rings. The Morgan fingerprint density at radius 1 is 0.696 bits per heavy atom. The SMILES string of the molecule is CNC(=O)CCN(C)C(=O)OCc1ccc(NC(=O)CNC(=O)[C@H](Cc2ccccc2)NC(=O)CNC(=O)CNC(=O)CCCCCN2C(=O)C=CC2=O)cc1. The molecule has 0 radical (unpaired) electrons.